The Morgan fingerprint density at radius 2 is 2.50 bits per heavy atom. The van der Waals surface area contributed by atoms with Crippen LogP contribution in [0.2, 0.25) is 0 Å². The van der Waals surface area contributed by atoms with Gasteiger partial charge in [0, 0.05) is 0 Å². The van der Waals surface area contributed by atoms with Crippen molar-refractivity contribution in [2.45, 2.75) is 0 Å². The minimum absolute atomic E-state index is 0.501. The Hall–Kier alpha value is -0.371. The van der Waals surface area contributed by atoms with Gasteiger partial charge in [-0.3, -0.25) is 0 Å². The van der Waals surface area contributed by atoms with Crippen LogP contribution in [0.5, 0.6) is 0 Å². The van der Waals surface area contributed by atoms with Gasteiger partial charge in [0.05, 0.1) is 0 Å². The van der Waals surface area contributed by atoms with Crippen molar-refractivity contribution in [2.75, 3.05) is 0 Å². The van der Waals surface area contributed by atoms with E-state index >= 15 is 0 Å². The number of carbonyl (C=O) groups excluding carboxylic acids is 1. The van der Waals surface area contributed by atoms with E-state index in [1.165, 1.54) is 8.96 Å². The summed E-state index contributed by atoms with van der Waals surface area (Å²) in [6.07, 6.45) is 0.924. The molecule has 0 bridgehead atoms. The summed E-state index contributed by atoms with van der Waals surface area (Å²) in [4.78, 5) is 13.3. The van der Waals surface area contributed by atoms with Crippen LogP contribution in [0.4, 0.5) is 0 Å². The molecule has 2 heterocycles. The third-order valence-corrected chi connectivity index (χ3v) is 4.69. The van der Waals surface area contributed by atoms with Crippen molar-refractivity contribution < 1.29 is 4.79 Å². The fourth-order valence-corrected chi connectivity index (χ4v) is 4.04. The van der Waals surface area contributed by atoms with Gasteiger partial charge in [0.25, 0.3) is 0 Å². The molecule has 3 heteroatoms. The number of thiophene rings is 1. The summed E-state index contributed by atoms with van der Waals surface area (Å²) in [5.74, 6) is 0. The number of fused-ring (bicyclic) bond motifs is 1. The Morgan fingerprint density at radius 1 is 1.60 bits per heavy atom. The normalized spacial score (nSPS) is 10.4. The van der Waals surface area contributed by atoms with Crippen LogP contribution in [0.15, 0.2) is 17.1 Å². The third-order valence-electron chi connectivity index (χ3n) is 1.28. The molecule has 0 aromatic carbocycles. The average Bonchev–Trinajstić information content (AvgIpc) is 2.42. The molecule has 0 saturated heterocycles. The summed E-state index contributed by atoms with van der Waals surface area (Å²) in [7, 11) is 0. The van der Waals surface area contributed by atoms with Crippen molar-refractivity contribution in [1.29, 1.82) is 0 Å². The molecule has 0 fully saturated rings. The Balaban J connectivity index is 2.78. The zero-order valence-corrected chi connectivity index (χ0v) is 7.56. The molecule has 0 atom stereocenters. The molecule has 0 spiro atoms. The van der Waals surface area contributed by atoms with Crippen molar-refractivity contribution in [2.24, 2.45) is 0 Å². The molecular formula is C7H4OSSe. The van der Waals surface area contributed by atoms with E-state index in [2.05, 4.69) is 11.0 Å². The van der Waals surface area contributed by atoms with E-state index in [-0.39, 0.29) is 0 Å². The first-order valence-electron chi connectivity index (χ1n) is 2.82. The molecule has 0 amide bonds. The second-order valence-electron chi connectivity index (χ2n) is 1.93. The molecule has 1 nitrogen and oxygen atoms in total. The molecule has 0 unspecified atom stereocenters. The van der Waals surface area contributed by atoms with Crippen LogP contribution in [0.1, 0.15) is 9.67 Å². The zero-order valence-electron chi connectivity index (χ0n) is 5.03. The molecular weight excluding hydrogens is 211 g/mol. The Labute approximate surface area is 68.0 Å². The molecule has 2 rings (SSSR count). The van der Waals surface area contributed by atoms with Crippen LogP contribution < -0.4 is 0 Å². The molecule has 50 valence electrons. The number of hydrogen-bond donors (Lipinski definition) is 0. The average molecular weight is 215 g/mol. The van der Waals surface area contributed by atoms with Crippen LogP contribution in [0.25, 0.3) is 8.96 Å². The third kappa shape index (κ3) is 0.870. The number of rotatable bonds is 1. The predicted molar refractivity (Wildman–Crippen MR) is 44.2 cm³/mol. The summed E-state index contributed by atoms with van der Waals surface area (Å²) in [5, 5.41) is 1.26. The Kier molecular flexibility index (Phi) is 1.49. The van der Waals surface area contributed by atoms with Crippen molar-refractivity contribution >= 4 is 41.1 Å². The van der Waals surface area contributed by atoms with Crippen molar-refractivity contribution in [3.63, 3.8) is 0 Å². The van der Waals surface area contributed by atoms with E-state index in [4.69, 9.17) is 0 Å². The molecule has 0 aliphatic rings. The van der Waals surface area contributed by atoms with Crippen molar-refractivity contribution in [3.8, 4) is 0 Å². The monoisotopic (exact) mass is 216 g/mol. The van der Waals surface area contributed by atoms with E-state index in [1.807, 2.05) is 6.07 Å². The van der Waals surface area contributed by atoms with Gasteiger partial charge in [-0.15, -0.1) is 0 Å². The summed E-state index contributed by atoms with van der Waals surface area (Å²) in [5.41, 5.74) is 0. The van der Waals surface area contributed by atoms with Crippen molar-refractivity contribution in [1.82, 2.24) is 0 Å². The topological polar surface area (TPSA) is 17.1 Å². The molecule has 2 aromatic heterocycles. The van der Waals surface area contributed by atoms with Gasteiger partial charge in [-0.1, -0.05) is 0 Å². The maximum absolute atomic E-state index is 10.3. The van der Waals surface area contributed by atoms with Crippen LogP contribution in [0.3, 0.4) is 0 Å². The fraction of sp³-hybridized carbons (Fsp3) is 0. The van der Waals surface area contributed by atoms with Crippen LogP contribution >= 0.6 is 11.3 Å². The van der Waals surface area contributed by atoms with Gasteiger partial charge < -0.3 is 0 Å². The van der Waals surface area contributed by atoms with E-state index < -0.39 is 0 Å². The minimum atomic E-state index is 0.501. The summed E-state index contributed by atoms with van der Waals surface area (Å²) >= 11 is 2.12. The number of aldehydes is 1. The molecule has 0 saturated carbocycles. The first-order chi connectivity index (χ1) is 4.90. The first-order valence-corrected chi connectivity index (χ1v) is 5.48. The second kappa shape index (κ2) is 2.35. The maximum atomic E-state index is 10.3. The standard InChI is InChI=1S/C7H4OSSe/c8-4-6-3-5-1-2-10-7(5)9-6/h1-4H. The van der Waals surface area contributed by atoms with Gasteiger partial charge in [0.1, 0.15) is 0 Å². The molecule has 0 aliphatic carbocycles. The Morgan fingerprint density at radius 3 is 3.20 bits per heavy atom. The van der Waals surface area contributed by atoms with Crippen molar-refractivity contribution in [3.05, 3.63) is 22.0 Å². The Bertz CT molecular complexity index is 332. The van der Waals surface area contributed by atoms with Gasteiger partial charge in [-0.05, 0) is 0 Å². The fourth-order valence-electron chi connectivity index (χ4n) is 0.843. The number of carbonyl (C=O) groups is 1. The van der Waals surface area contributed by atoms with Crippen LogP contribution in [-0.4, -0.2) is 20.8 Å². The summed E-state index contributed by atoms with van der Waals surface area (Å²) in [6.45, 7) is 0. The second-order valence-corrected chi connectivity index (χ2v) is 5.52. The molecule has 0 radical (unpaired) electrons. The van der Waals surface area contributed by atoms with Gasteiger partial charge in [-0.25, -0.2) is 0 Å². The molecule has 2 aromatic rings. The zero-order chi connectivity index (χ0) is 6.97. The van der Waals surface area contributed by atoms with E-state index in [0.29, 0.717) is 14.5 Å². The van der Waals surface area contributed by atoms with Gasteiger partial charge >= 0.3 is 67.8 Å². The number of hydrogen-bond acceptors (Lipinski definition) is 2. The van der Waals surface area contributed by atoms with Gasteiger partial charge in [0.2, 0.25) is 0 Å². The van der Waals surface area contributed by atoms with E-state index in [9.17, 15) is 4.79 Å². The van der Waals surface area contributed by atoms with Crippen LogP contribution in [-0.2, 0) is 0 Å². The summed E-state index contributed by atoms with van der Waals surface area (Å²) in [6, 6.07) is 4.05. The first kappa shape index (κ1) is 6.35. The molecule has 0 N–H and O–H groups in total. The molecule has 10 heavy (non-hydrogen) atoms. The SMILES string of the molecule is O=Cc1cc2cc[se]c2s1. The predicted octanol–water partition coefficient (Wildman–Crippen LogP) is 1.77. The quantitative estimate of drug-likeness (QED) is 0.523. The van der Waals surface area contributed by atoms with E-state index in [0.717, 1.165) is 11.2 Å². The molecule has 0 aliphatic heterocycles. The van der Waals surface area contributed by atoms with Gasteiger partial charge in [-0.2, -0.15) is 0 Å². The van der Waals surface area contributed by atoms with Crippen LogP contribution in [0, 0.1) is 0 Å². The van der Waals surface area contributed by atoms with Gasteiger partial charge in [0.15, 0.2) is 0 Å². The van der Waals surface area contributed by atoms with E-state index in [1.54, 1.807) is 11.3 Å². The summed E-state index contributed by atoms with van der Waals surface area (Å²) < 4.78 is 1.38.